The molecule has 0 aliphatic carbocycles. The van der Waals surface area contributed by atoms with Crippen molar-refractivity contribution in [1.29, 1.82) is 0 Å². The van der Waals surface area contributed by atoms with Crippen molar-refractivity contribution in [2.45, 2.75) is 34.6 Å². The fourth-order valence-corrected chi connectivity index (χ4v) is 4.84. The number of fused-ring (bicyclic) bond motifs is 2. The second-order valence-electron chi connectivity index (χ2n) is 7.28. The first-order valence-corrected chi connectivity index (χ1v) is 9.89. The summed E-state index contributed by atoms with van der Waals surface area (Å²) in [6.45, 7) is 11.2. The predicted molar refractivity (Wildman–Crippen MR) is 118 cm³/mol. The smallest absolute Gasteiger partial charge is 0.0286 e. The zero-order valence-corrected chi connectivity index (χ0v) is 17.6. The molecule has 0 heterocycles. The second kappa shape index (κ2) is 6.25. The Morgan fingerprint density at radius 1 is 0.462 bits per heavy atom. The maximum atomic E-state index is 3.83. The van der Waals surface area contributed by atoms with Gasteiger partial charge in [-0.3, -0.25) is 0 Å². The number of benzene rings is 4. The molecule has 0 unspecified atom stereocenters. The van der Waals surface area contributed by atoms with E-state index >= 15 is 0 Å². The SMILES string of the molecule is Cc1c(C)c(-c2c(C)c(C)c(Br)c3ccccc23)c2ccccc2c1C. The molecule has 4 rings (SSSR count). The van der Waals surface area contributed by atoms with Gasteiger partial charge in [-0.15, -0.1) is 0 Å². The molecule has 0 amide bonds. The Balaban J connectivity index is 2.30. The molecule has 26 heavy (non-hydrogen) atoms. The largest absolute Gasteiger partial charge is 0.0616 e. The second-order valence-corrected chi connectivity index (χ2v) is 8.07. The molecule has 1 heteroatoms. The molecule has 0 saturated heterocycles. The lowest BCUT2D eigenvalue weighted by molar-refractivity contribution is 1.28. The van der Waals surface area contributed by atoms with E-state index in [1.54, 1.807) is 0 Å². The van der Waals surface area contributed by atoms with Crippen molar-refractivity contribution in [1.82, 2.24) is 0 Å². The van der Waals surface area contributed by atoms with Crippen LogP contribution in [-0.4, -0.2) is 0 Å². The van der Waals surface area contributed by atoms with Crippen LogP contribution in [0.15, 0.2) is 53.0 Å². The van der Waals surface area contributed by atoms with Crippen LogP contribution < -0.4 is 0 Å². The standard InChI is InChI=1S/C25H23Br/c1-14-15(2)19-10-6-7-11-20(19)23(16(14)3)24-17(4)18(5)25(26)22-13-9-8-12-21(22)24/h6-13H,1-5H3. The fourth-order valence-electron chi connectivity index (χ4n) is 4.19. The summed E-state index contributed by atoms with van der Waals surface area (Å²) in [4.78, 5) is 0. The van der Waals surface area contributed by atoms with Crippen LogP contribution in [0.25, 0.3) is 32.7 Å². The number of halogens is 1. The summed E-state index contributed by atoms with van der Waals surface area (Å²) in [5.74, 6) is 0. The highest BCUT2D eigenvalue weighted by Gasteiger charge is 2.19. The lowest BCUT2D eigenvalue weighted by atomic mass is 9.83. The van der Waals surface area contributed by atoms with Gasteiger partial charge in [-0.1, -0.05) is 48.5 Å². The molecule has 0 N–H and O–H groups in total. The van der Waals surface area contributed by atoms with Crippen LogP contribution >= 0.6 is 15.9 Å². The Labute approximate surface area is 164 Å². The van der Waals surface area contributed by atoms with Crippen molar-refractivity contribution in [2.75, 3.05) is 0 Å². The van der Waals surface area contributed by atoms with Gasteiger partial charge < -0.3 is 0 Å². The van der Waals surface area contributed by atoms with Gasteiger partial charge >= 0.3 is 0 Å². The molecule has 0 spiro atoms. The summed E-state index contributed by atoms with van der Waals surface area (Å²) in [7, 11) is 0. The zero-order valence-electron chi connectivity index (χ0n) is 16.0. The number of rotatable bonds is 1. The van der Waals surface area contributed by atoms with Crippen LogP contribution in [0.3, 0.4) is 0 Å². The molecule has 4 aromatic carbocycles. The Kier molecular flexibility index (Phi) is 4.16. The highest BCUT2D eigenvalue weighted by molar-refractivity contribution is 9.10. The molecule has 0 bridgehead atoms. The first-order chi connectivity index (χ1) is 12.4. The minimum Gasteiger partial charge on any atom is -0.0616 e. The highest BCUT2D eigenvalue weighted by Crippen LogP contribution is 2.44. The Bertz CT molecular complexity index is 1090. The summed E-state index contributed by atoms with van der Waals surface area (Å²) in [5, 5.41) is 5.31. The van der Waals surface area contributed by atoms with Gasteiger partial charge in [0.1, 0.15) is 0 Å². The highest BCUT2D eigenvalue weighted by atomic mass is 79.9. The molecular formula is C25H23Br. The predicted octanol–water partition coefficient (Wildman–Crippen LogP) is 7.96. The van der Waals surface area contributed by atoms with E-state index in [1.165, 1.54) is 65.0 Å². The van der Waals surface area contributed by atoms with Gasteiger partial charge in [0.05, 0.1) is 0 Å². The van der Waals surface area contributed by atoms with Crippen molar-refractivity contribution < 1.29 is 0 Å². The van der Waals surface area contributed by atoms with Crippen molar-refractivity contribution in [2.24, 2.45) is 0 Å². The average molecular weight is 403 g/mol. The topological polar surface area (TPSA) is 0 Å². The lowest BCUT2D eigenvalue weighted by Crippen LogP contribution is -1.99. The summed E-state index contributed by atoms with van der Waals surface area (Å²) in [5.41, 5.74) is 9.59. The molecule has 0 saturated carbocycles. The van der Waals surface area contributed by atoms with Gasteiger partial charge in [0, 0.05) is 4.47 Å². The summed E-state index contributed by atoms with van der Waals surface area (Å²) < 4.78 is 1.21. The van der Waals surface area contributed by atoms with Crippen LogP contribution in [0, 0.1) is 34.6 Å². The van der Waals surface area contributed by atoms with Gasteiger partial charge in [-0.2, -0.15) is 0 Å². The molecule has 0 atom stereocenters. The quantitative estimate of drug-likeness (QED) is 0.302. The Hall–Kier alpha value is -2.12. The van der Waals surface area contributed by atoms with Gasteiger partial charge in [0.25, 0.3) is 0 Å². The van der Waals surface area contributed by atoms with Gasteiger partial charge in [-0.05, 0) is 111 Å². The van der Waals surface area contributed by atoms with Gasteiger partial charge in [0.2, 0.25) is 0 Å². The fraction of sp³-hybridized carbons (Fsp3) is 0.200. The monoisotopic (exact) mass is 402 g/mol. The number of hydrogen-bond donors (Lipinski definition) is 0. The van der Waals surface area contributed by atoms with E-state index in [4.69, 9.17) is 0 Å². The molecule has 0 aliphatic heterocycles. The molecule has 4 aromatic rings. The average Bonchev–Trinajstić information content (AvgIpc) is 2.67. The molecule has 130 valence electrons. The van der Waals surface area contributed by atoms with Crippen molar-refractivity contribution >= 4 is 37.5 Å². The third kappa shape index (κ3) is 2.34. The number of hydrogen-bond acceptors (Lipinski definition) is 0. The van der Waals surface area contributed by atoms with Gasteiger partial charge in [-0.25, -0.2) is 0 Å². The van der Waals surface area contributed by atoms with Crippen molar-refractivity contribution in [3.05, 3.63) is 80.8 Å². The van der Waals surface area contributed by atoms with E-state index < -0.39 is 0 Å². The third-order valence-electron chi connectivity index (χ3n) is 6.05. The Morgan fingerprint density at radius 3 is 1.46 bits per heavy atom. The molecule has 0 fully saturated rings. The van der Waals surface area contributed by atoms with E-state index in [0.717, 1.165) is 0 Å². The summed E-state index contributed by atoms with van der Waals surface area (Å²) in [6.07, 6.45) is 0. The van der Waals surface area contributed by atoms with Crippen LogP contribution in [0.1, 0.15) is 27.8 Å². The summed E-state index contributed by atoms with van der Waals surface area (Å²) >= 11 is 3.83. The van der Waals surface area contributed by atoms with Crippen molar-refractivity contribution in [3.8, 4) is 11.1 Å². The molecule has 0 nitrogen and oxygen atoms in total. The van der Waals surface area contributed by atoms with E-state index in [2.05, 4.69) is 99.1 Å². The first kappa shape index (κ1) is 17.3. The normalized spacial score (nSPS) is 11.5. The minimum absolute atomic E-state index is 1.21. The van der Waals surface area contributed by atoms with E-state index in [0.29, 0.717) is 0 Å². The van der Waals surface area contributed by atoms with Crippen LogP contribution in [0.5, 0.6) is 0 Å². The van der Waals surface area contributed by atoms with Crippen LogP contribution in [0.4, 0.5) is 0 Å². The maximum absolute atomic E-state index is 3.83. The number of aryl methyl sites for hydroxylation is 1. The van der Waals surface area contributed by atoms with Crippen LogP contribution in [-0.2, 0) is 0 Å². The van der Waals surface area contributed by atoms with Crippen molar-refractivity contribution in [3.63, 3.8) is 0 Å². The minimum atomic E-state index is 1.21. The van der Waals surface area contributed by atoms with E-state index in [-0.39, 0.29) is 0 Å². The lowest BCUT2D eigenvalue weighted by Gasteiger charge is -2.22. The third-order valence-corrected chi connectivity index (χ3v) is 7.07. The maximum Gasteiger partial charge on any atom is 0.0286 e. The first-order valence-electron chi connectivity index (χ1n) is 9.09. The van der Waals surface area contributed by atoms with Gasteiger partial charge in [0.15, 0.2) is 0 Å². The molecular weight excluding hydrogens is 380 g/mol. The summed E-state index contributed by atoms with van der Waals surface area (Å²) in [6, 6.07) is 17.6. The zero-order chi connectivity index (χ0) is 18.6. The van der Waals surface area contributed by atoms with E-state index in [1.807, 2.05) is 0 Å². The molecule has 0 aromatic heterocycles. The Morgan fingerprint density at radius 2 is 0.885 bits per heavy atom. The molecule has 0 radical (unpaired) electrons. The van der Waals surface area contributed by atoms with E-state index in [9.17, 15) is 0 Å². The van der Waals surface area contributed by atoms with Crippen LogP contribution in [0.2, 0.25) is 0 Å². The molecule has 0 aliphatic rings.